The van der Waals surface area contributed by atoms with E-state index in [-0.39, 0.29) is 0 Å². The molecule has 0 aliphatic carbocycles. The highest BCUT2D eigenvalue weighted by Crippen LogP contribution is 2.19. The molecule has 7 heteroatoms. The van der Waals surface area contributed by atoms with Gasteiger partial charge >= 0.3 is 0 Å². The van der Waals surface area contributed by atoms with Gasteiger partial charge in [0.05, 0.1) is 17.5 Å². The summed E-state index contributed by atoms with van der Waals surface area (Å²) in [5.74, 6) is 1.62. The molecule has 0 unspecified atom stereocenters. The number of rotatable bonds is 3. The average Bonchev–Trinajstić information content (AvgIpc) is 2.84. The molecule has 15 heavy (non-hydrogen) atoms. The molecule has 0 saturated carbocycles. The number of hydrogen-bond acceptors (Lipinski definition) is 6. The van der Waals surface area contributed by atoms with Gasteiger partial charge in [0.1, 0.15) is 11.8 Å². The topological polar surface area (TPSA) is 91.4 Å². The summed E-state index contributed by atoms with van der Waals surface area (Å²) in [5.41, 5.74) is 0.867. The molecule has 6 nitrogen and oxygen atoms in total. The van der Waals surface area contributed by atoms with Crippen molar-refractivity contribution >= 4 is 11.8 Å². The fraction of sp³-hybridized carbons (Fsp3) is 0.250. The number of nitrogens with zero attached hydrogens (tertiary/aromatic N) is 4. The number of aromatic amines is 1. The summed E-state index contributed by atoms with van der Waals surface area (Å²) in [5, 5.41) is 18.8. The molecule has 0 amide bonds. The lowest BCUT2D eigenvalue weighted by Crippen LogP contribution is -1.83. The van der Waals surface area contributed by atoms with E-state index >= 15 is 0 Å². The smallest absolute Gasteiger partial charge is 0.262 e. The maximum atomic E-state index is 8.76. The fourth-order valence-corrected chi connectivity index (χ4v) is 1.46. The number of nitriles is 1. The van der Waals surface area contributed by atoms with Gasteiger partial charge in [-0.2, -0.15) is 27.1 Å². The van der Waals surface area contributed by atoms with Crippen LogP contribution in [0, 0.1) is 11.3 Å². The van der Waals surface area contributed by atoms with Crippen LogP contribution in [0.5, 0.6) is 0 Å². The van der Waals surface area contributed by atoms with Crippen molar-refractivity contribution in [1.82, 2.24) is 20.3 Å². The van der Waals surface area contributed by atoms with Crippen LogP contribution in [0.1, 0.15) is 11.5 Å². The normalized spacial score (nSPS) is 10.1. The second-order valence-corrected chi connectivity index (χ2v) is 3.59. The van der Waals surface area contributed by atoms with Crippen molar-refractivity contribution in [3.8, 4) is 17.5 Å². The van der Waals surface area contributed by atoms with Crippen LogP contribution < -0.4 is 0 Å². The first-order valence-corrected chi connectivity index (χ1v) is 5.50. The van der Waals surface area contributed by atoms with Crippen molar-refractivity contribution in [3.05, 3.63) is 17.7 Å². The first-order valence-electron chi connectivity index (χ1n) is 4.10. The maximum absolute atomic E-state index is 8.76. The standard InChI is InChI=1S/C8H7N5OS/c1-15-4-7-11-8(14-13-7)5-3-10-12-6(5)2-9/h3H,4H2,1H3,(H,10,12). The Hall–Kier alpha value is -1.81. The zero-order valence-electron chi connectivity index (χ0n) is 7.89. The summed E-state index contributed by atoms with van der Waals surface area (Å²) in [6, 6.07) is 1.96. The van der Waals surface area contributed by atoms with E-state index in [1.807, 2.05) is 12.3 Å². The lowest BCUT2D eigenvalue weighted by Gasteiger charge is -1.86. The first-order chi connectivity index (χ1) is 7.35. The van der Waals surface area contributed by atoms with Gasteiger partial charge in [-0.1, -0.05) is 5.16 Å². The van der Waals surface area contributed by atoms with E-state index in [1.165, 1.54) is 6.20 Å². The summed E-state index contributed by atoms with van der Waals surface area (Å²) in [7, 11) is 0. The van der Waals surface area contributed by atoms with Gasteiger partial charge in [-0.15, -0.1) is 0 Å². The van der Waals surface area contributed by atoms with Gasteiger partial charge in [0.25, 0.3) is 5.89 Å². The monoisotopic (exact) mass is 221 g/mol. The van der Waals surface area contributed by atoms with Crippen LogP contribution in [0.2, 0.25) is 0 Å². The molecule has 0 radical (unpaired) electrons. The first kappa shape index (κ1) is 9.73. The largest absolute Gasteiger partial charge is 0.334 e. The minimum Gasteiger partial charge on any atom is -0.334 e. The summed E-state index contributed by atoms with van der Waals surface area (Å²) >= 11 is 1.60. The molecule has 0 fully saturated rings. The molecule has 76 valence electrons. The molecule has 0 atom stereocenters. The number of nitrogens with one attached hydrogen (secondary N) is 1. The molecule has 1 N–H and O–H groups in total. The quantitative estimate of drug-likeness (QED) is 0.837. The highest BCUT2D eigenvalue weighted by molar-refractivity contribution is 7.97. The van der Waals surface area contributed by atoms with Crippen LogP contribution in [0.3, 0.4) is 0 Å². The van der Waals surface area contributed by atoms with E-state index in [9.17, 15) is 0 Å². The third kappa shape index (κ3) is 1.85. The Bertz CT molecular complexity index is 497. The van der Waals surface area contributed by atoms with Crippen molar-refractivity contribution in [2.75, 3.05) is 6.26 Å². The second-order valence-electron chi connectivity index (χ2n) is 2.72. The minimum atomic E-state index is 0.323. The molecule has 2 rings (SSSR count). The summed E-state index contributed by atoms with van der Waals surface area (Å²) < 4.78 is 5.02. The third-order valence-electron chi connectivity index (χ3n) is 1.72. The molecule has 0 aliphatic rings. The van der Waals surface area contributed by atoms with Gasteiger partial charge in [-0.3, -0.25) is 5.10 Å². The number of aromatic nitrogens is 4. The van der Waals surface area contributed by atoms with Crippen molar-refractivity contribution in [2.45, 2.75) is 5.75 Å². The predicted molar refractivity (Wildman–Crippen MR) is 53.8 cm³/mol. The van der Waals surface area contributed by atoms with Crippen molar-refractivity contribution in [2.24, 2.45) is 0 Å². The maximum Gasteiger partial charge on any atom is 0.262 e. The predicted octanol–water partition coefficient (Wildman–Crippen LogP) is 1.19. The van der Waals surface area contributed by atoms with E-state index < -0.39 is 0 Å². The van der Waals surface area contributed by atoms with Crippen LogP contribution >= 0.6 is 11.8 Å². The Balaban J connectivity index is 2.34. The molecule has 0 spiro atoms. The van der Waals surface area contributed by atoms with Crippen LogP contribution in [0.15, 0.2) is 10.7 Å². The molecular formula is C8H7N5OS. The number of thioether (sulfide) groups is 1. The van der Waals surface area contributed by atoms with Gasteiger partial charge in [-0.05, 0) is 6.26 Å². The Labute approximate surface area is 89.7 Å². The molecular weight excluding hydrogens is 214 g/mol. The Morgan fingerprint density at radius 3 is 3.27 bits per heavy atom. The van der Waals surface area contributed by atoms with E-state index in [0.29, 0.717) is 28.7 Å². The minimum absolute atomic E-state index is 0.323. The van der Waals surface area contributed by atoms with Crippen LogP contribution in [-0.2, 0) is 5.75 Å². The summed E-state index contributed by atoms with van der Waals surface area (Å²) in [6.07, 6.45) is 3.45. The number of hydrogen-bond donors (Lipinski definition) is 1. The Morgan fingerprint density at radius 1 is 1.67 bits per heavy atom. The van der Waals surface area contributed by atoms with Gasteiger partial charge in [0.15, 0.2) is 5.82 Å². The zero-order chi connectivity index (χ0) is 10.7. The van der Waals surface area contributed by atoms with E-state index in [1.54, 1.807) is 11.8 Å². The summed E-state index contributed by atoms with van der Waals surface area (Å²) in [6.45, 7) is 0. The molecule has 0 saturated heterocycles. The van der Waals surface area contributed by atoms with Gasteiger partial charge in [-0.25, -0.2) is 0 Å². The van der Waals surface area contributed by atoms with Gasteiger partial charge in [0.2, 0.25) is 0 Å². The van der Waals surface area contributed by atoms with Crippen LogP contribution in [0.25, 0.3) is 11.5 Å². The van der Waals surface area contributed by atoms with Crippen molar-refractivity contribution < 1.29 is 4.52 Å². The molecule has 0 aliphatic heterocycles. The van der Waals surface area contributed by atoms with Gasteiger partial charge < -0.3 is 4.52 Å². The SMILES string of the molecule is CSCc1noc(-c2cn[nH]c2C#N)n1. The lowest BCUT2D eigenvalue weighted by atomic mass is 10.2. The van der Waals surface area contributed by atoms with E-state index in [0.717, 1.165) is 0 Å². The Morgan fingerprint density at radius 2 is 2.53 bits per heavy atom. The fourth-order valence-electron chi connectivity index (χ4n) is 1.08. The van der Waals surface area contributed by atoms with Crippen molar-refractivity contribution in [3.63, 3.8) is 0 Å². The van der Waals surface area contributed by atoms with E-state index in [4.69, 9.17) is 9.78 Å². The molecule has 2 aromatic heterocycles. The van der Waals surface area contributed by atoms with E-state index in [2.05, 4.69) is 20.3 Å². The summed E-state index contributed by atoms with van der Waals surface area (Å²) in [4.78, 5) is 4.14. The molecule has 2 heterocycles. The average molecular weight is 221 g/mol. The Kier molecular flexibility index (Phi) is 2.69. The molecule has 0 bridgehead atoms. The number of H-pyrrole nitrogens is 1. The highest BCUT2D eigenvalue weighted by atomic mass is 32.2. The molecule has 0 aromatic carbocycles. The third-order valence-corrected chi connectivity index (χ3v) is 2.27. The second kappa shape index (κ2) is 4.14. The van der Waals surface area contributed by atoms with Gasteiger partial charge in [0, 0.05) is 0 Å². The lowest BCUT2D eigenvalue weighted by molar-refractivity contribution is 0.425. The van der Waals surface area contributed by atoms with Crippen molar-refractivity contribution in [1.29, 1.82) is 5.26 Å². The zero-order valence-corrected chi connectivity index (χ0v) is 8.71. The molecule has 2 aromatic rings. The highest BCUT2D eigenvalue weighted by Gasteiger charge is 2.14. The van der Waals surface area contributed by atoms with Crippen LogP contribution in [-0.4, -0.2) is 26.6 Å². The van der Waals surface area contributed by atoms with Crippen LogP contribution in [0.4, 0.5) is 0 Å².